The van der Waals surface area contributed by atoms with Gasteiger partial charge in [-0.2, -0.15) is 0 Å². The van der Waals surface area contributed by atoms with Gasteiger partial charge < -0.3 is 10.0 Å². The Kier molecular flexibility index (Phi) is 3.56. The van der Waals surface area contributed by atoms with Crippen molar-refractivity contribution in [3.05, 3.63) is 54.0 Å². The molecular weight excluding hydrogens is 266 g/mol. The maximum atomic E-state index is 10.8. The lowest BCUT2D eigenvalue weighted by Crippen LogP contribution is -2.30. The van der Waals surface area contributed by atoms with E-state index in [0.717, 1.165) is 18.8 Å². The molecule has 0 aliphatic carbocycles. The van der Waals surface area contributed by atoms with E-state index in [0.29, 0.717) is 12.0 Å². The van der Waals surface area contributed by atoms with E-state index in [1.165, 1.54) is 11.8 Å². The van der Waals surface area contributed by atoms with Crippen LogP contribution in [-0.2, 0) is 0 Å². The molecule has 108 valence electrons. The minimum atomic E-state index is -1.05. The van der Waals surface area contributed by atoms with Crippen molar-refractivity contribution in [3.8, 4) is 0 Å². The molecule has 1 saturated heterocycles. The zero-order valence-electron chi connectivity index (χ0n) is 11.8. The van der Waals surface area contributed by atoms with Crippen LogP contribution < -0.4 is 4.90 Å². The second-order valence-corrected chi connectivity index (χ2v) is 5.30. The van der Waals surface area contributed by atoms with Gasteiger partial charge in [-0.25, -0.2) is 14.8 Å². The average Bonchev–Trinajstić information content (AvgIpc) is 2.90. The van der Waals surface area contributed by atoms with Gasteiger partial charge in [-0.15, -0.1) is 0 Å². The lowest BCUT2D eigenvalue weighted by atomic mass is 9.93. The van der Waals surface area contributed by atoms with Crippen LogP contribution in [0.3, 0.4) is 0 Å². The molecule has 5 nitrogen and oxygen atoms in total. The fraction of sp³-hybridized carbons (Fsp3) is 0.312. The molecule has 0 spiro atoms. The van der Waals surface area contributed by atoms with Crippen molar-refractivity contribution in [2.45, 2.75) is 25.3 Å². The molecule has 1 aromatic carbocycles. The summed E-state index contributed by atoms with van der Waals surface area (Å²) < 4.78 is 0. The normalized spacial score (nSPS) is 21.5. The van der Waals surface area contributed by atoms with Crippen molar-refractivity contribution in [2.24, 2.45) is 0 Å². The summed E-state index contributed by atoms with van der Waals surface area (Å²) in [4.78, 5) is 21.2. The number of aromatic nitrogens is 2. The van der Waals surface area contributed by atoms with Gasteiger partial charge in [0.2, 0.25) is 0 Å². The summed E-state index contributed by atoms with van der Waals surface area (Å²) in [6, 6.07) is 10.8. The van der Waals surface area contributed by atoms with Crippen molar-refractivity contribution in [1.82, 2.24) is 9.97 Å². The summed E-state index contributed by atoms with van der Waals surface area (Å²) in [5.41, 5.74) is 1.31. The second-order valence-electron chi connectivity index (χ2n) is 5.30. The van der Waals surface area contributed by atoms with Gasteiger partial charge in [0, 0.05) is 18.5 Å². The number of carbonyl (C=O) groups is 1. The number of aromatic carboxylic acids is 1. The highest BCUT2D eigenvalue weighted by atomic mass is 16.4. The zero-order valence-corrected chi connectivity index (χ0v) is 11.8. The molecule has 0 bridgehead atoms. The molecule has 2 unspecified atom stereocenters. The first-order valence-electron chi connectivity index (χ1n) is 7.04. The number of benzene rings is 1. The average molecular weight is 283 g/mol. The Balaban J connectivity index is 1.80. The van der Waals surface area contributed by atoms with E-state index in [2.05, 4.69) is 46.1 Å². The number of anilines is 1. The van der Waals surface area contributed by atoms with E-state index in [1.54, 1.807) is 6.20 Å². The van der Waals surface area contributed by atoms with E-state index in [9.17, 15) is 4.79 Å². The third kappa shape index (κ3) is 2.59. The molecule has 0 radical (unpaired) electrons. The minimum absolute atomic E-state index is 0.0230. The molecule has 3 rings (SSSR count). The molecule has 1 fully saturated rings. The third-order valence-electron chi connectivity index (χ3n) is 4.13. The van der Waals surface area contributed by atoms with Gasteiger partial charge in [-0.3, -0.25) is 0 Å². The zero-order chi connectivity index (χ0) is 14.8. The van der Waals surface area contributed by atoms with Gasteiger partial charge in [-0.1, -0.05) is 30.3 Å². The van der Waals surface area contributed by atoms with Crippen LogP contribution >= 0.6 is 0 Å². The number of carboxylic acids is 1. The predicted molar refractivity (Wildman–Crippen MR) is 79.6 cm³/mol. The van der Waals surface area contributed by atoms with Gasteiger partial charge in [0.1, 0.15) is 5.82 Å². The van der Waals surface area contributed by atoms with E-state index in [-0.39, 0.29) is 5.69 Å². The Morgan fingerprint density at radius 3 is 2.62 bits per heavy atom. The molecule has 2 aromatic rings. The Hall–Kier alpha value is -2.43. The SMILES string of the molecule is CC1C(c2ccccc2)CCN1c1cnc(C(=O)O)cn1. The molecule has 1 aliphatic heterocycles. The van der Waals surface area contributed by atoms with Crippen molar-refractivity contribution in [3.63, 3.8) is 0 Å². The third-order valence-corrected chi connectivity index (χ3v) is 4.13. The van der Waals surface area contributed by atoms with Gasteiger partial charge in [0.15, 0.2) is 5.69 Å². The molecule has 2 atom stereocenters. The van der Waals surface area contributed by atoms with Crippen LogP contribution in [-0.4, -0.2) is 33.6 Å². The summed E-state index contributed by atoms with van der Waals surface area (Å²) in [6.07, 6.45) is 3.93. The Morgan fingerprint density at radius 1 is 1.24 bits per heavy atom. The largest absolute Gasteiger partial charge is 0.476 e. The fourth-order valence-corrected chi connectivity index (χ4v) is 2.99. The fourth-order valence-electron chi connectivity index (χ4n) is 2.99. The van der Waals surface area contributed by atoms with Gasteiger partial charge in [0.05, 0.1) is 12.4 Å². The standard InChI is InChI=1S/C16H17N3O2/c1-11-13(12-5-3-2-4-6-12)7-8-19(11)15-10-17-14(9-18-15)16(20)21/h2-6,9-11,13H,7-8H2,1H3,(H,20,21). The summed E-state index contributed by atoms with van der Waals surface area (Å²) >= 11 is 0. The van der Waals surface area contributed by atoms with Crippen LogP contribution in [0.25, 0.3) is 0 Å². The monoisotopic (exact) mass is 283 g/mol. The van der Waals surface area contributed by atoms with Crippen molar-refractivity contribution in [1.29, 1.82) is 0 Å². The van der Waals surface area contributed by atoms with Crippen molar-refractivity contribution in [2.75, 3.05) is 11.4 Å². The smallest absolute Gasteiger partial charge is 0.356 e. The van der Waals surface area contributed by atoms with Crippen LogP contribution in [0, 0.1) is 0 Å². The summed E-state index contributed by atoms with van der Waals surface area (Å²) in [5.74, 6) is 0.156. The van der Waals surface area contributed by atoms with Crippen molar-refractivity contribution >= 4 is 11.8 Å². The molecule has 0 saturated carbocycles. The summed E-state index contributed by atoms with van der Waals surface area (Å²) in [6.45, 7) is 3.08. The number of hydrogen-bond donors (Lipinski definition) is 1. The first-order valence-corrected chi connectivity index (χ1v) is 7.04. The predicted octanol–water partition coefficient (Wildman–Crippen LogP) is 2.56. The van der Waals surface area contributed by atoms with Gasteiger partial charge in [-0.05, 0) is 18.9 Å². The van der Waals surface area contributed by atoms with Crippen LogP contribution in [0.5, 0.6) is 0 Å². The van der Waals surface area contributed by atoms with E-state index in [1.807, 2.05) is 6.07 Å². The van der Waals surface area contributed by atoms with Crippen LogP contribution in [0.4, 0.5) is 5.82 Å². The Morgan fingerprint density at radius 2 is 2.00 bits per heavy atom. The van der Waals surface area contributed by atoms with Crippen LogP contribution in [0.2, 0.25) is 0 Å². The Labute approximate surface area is 123 Å². The molecule has 1 aromatic heterocycles. The van der Waals surface area contributed by atoms with E-state index >= 15 is 0 Å². The second kappa shape index (κ2) is 5.52. The lowest BCUT2D eigenvalue weighted by molar-refractivity contribution is 0.0690. The Bertz CT molecular complexity index is 628. The first kappa shape index (κ1) is 13.5. The van der Waals surface area contributed by atoms with Crippen molar-refractivity contribution < 1.29 is 9.90 Å². The molecule has 5 heteroatoms. The number of rotatable bonds is 3. The summed E-state index contributed by atoms with van der Waals surface area (Å²) in [7, 11) is 0. The van der Waals surface area contributed by atoms with Crippen LogP contribution in [0.15, 0.2) is 42.7 Å². The summed E-state index contributed by atoms with van der Waals surface area (Å²) in [5, 5.41) is 8.87. The van der Waals surface area contributed by atoms with E-state index in [4.69, 9.17) is 5.11 Å². The highest BCUT2D eigenvalue weighted by molar-refractivity contribution is 5.84. The molecule has 1 N–H and O–H groups in total. The maximum Gasteiger partial charge on any atom is 0.356 e. The molecular formula is C16H17N3O2. The molecule has 21 heavy (non-hydrogen) atoms. The van der Waals surface area contributed by atoms with E-state index < -0.39 is 5.97 Å². The molecule has 0 amide bonds. The highest BCUT2D eigenvalue weighted by Crippen LogP contribution is 2.35. The molecule has 1 aliphatic rings. The maximum absolute atomic E-state index is 10.8. The number of nitrogens with zero attached hydrogens (tertiary/aromatic N) is 3. The van der Waals surface area contributed by atoms with Gasteiger partial charge >= 0.3 is 5.97 Å². The quantitative estimate of drug-likeness (QED) is 0.937. The minimum Gasteiger partial charge on any atom is -0.476 e. The first-order chi connectivity index (χ1) is 10.2. The van der Waals surface area contributed by atoms with Crippen LogP contribution in [0.1, 0.15) is 35.3 Å². The lowest BCUT2D eigenvalue weighted by Gasteiger charge is -2.25. The number of carboxylic acid groups (broad SMARTS) is 1. The molecule has 2 heterocycles. The topological polar surface area (TPSA) is 66.3 Å². The number of hydrogen-bond acceptors (Lipinski definition) is 4. The van der Waals surface area contributed by atoms with Gasteiger partial charge in [0.25, 0.3) is 0 Å². The highest BCUT2D eigenvalue weighted by Gasteiger charge is 2.32.